The molecule has 1 fully saturated rings. The zero-order chi connectivity index (χ0) is 14.4. The fraction of sp³-hybridized carbons (Fsp3) is 0.467. The highest BCUT2D eigenvalue weighted by Gasteiger charge is 2.23. The predicted molar refractivity (Wildman–Crippen MR) is 82.4 cm³/mol. The van der Waals surface area contributed by atoms with Gasteiger partial charge in [-0.3, -0.25) is 0 Å². The van der Waals surface area contributed by atoms with Crippen molar-refractivity contribution in [2.45, 2.75) is 44.2 Å². The molecular weight excluding hydrogens is 272 g/mol. The van der Waals surface area contributed by atoms with Crippen LogP contribution in [0, 0.1) is 0 Å². The van der Waals surface area contributed by atoms with Crippen molar-refractivity contribution in [2.75, 3.05) is 0 Å². The van der Waals surface area contributed by atoms with Gasteiger partial charge in [-0.15, -0.1) is 0 Å². The molecule has 20 heavy (non-hydrogen) atoms. The number of sulfonamides is 1. The van der Waals surface area contributed by atoms with E-state index < -0.39 is 10.0 Å². The lowest BCUT2D eigenvalue weighted by Crippen LogP contribution is -2.46. The summed E-state index contributed by atoms with van der Waals surface area (Å²) in [4.78, 5) is 0. The van der Waals surface area contributed by atoms with Gasteiger partial charge in [-0.1, -0.05) is 49.6 Å². The summed E-state index contributed by atoms with van der Waals surface area (Å²) in [5.74, 6) is 0. The highest BCUT2D eigenvalue weighted by Crippen LogP contribution is 2.17. The molecule has 1 aliphatic rings. The monoisotopic (exact) mass is 294 g/mol. The lowest BCUT2D eigenvalue weighted by atomic mass is 10.1. The van der Waals surface area contributed by atoms with Crippen LogP contribution in [0.5, 0.6) is 0 Å². The molecule has 5 heteroatoms. The Bertz CT molecular complexity index is 540. The van der Waals surface area contributed by atoms with Crippen molar-refractivity contribution < 1.29 is 8.42 Å². The standard InChI is InChI=1S/C15H22N2O2S/c16-14-9-5-2-6-10-15(14)17-20(18,19)12-11-13-7-3-1-4-8-13/h1,3-4,7-8,11-12,14-15,17H,2,5-6,9-10,16H2. The zero-order valence-electron chi connectivity index (χ0n) is 11.5. The molecule has 1 aromatic carbocycles. The summed E-state index contributed by atoms with van der Waals surface area (Å²) in [6.45, 7) is 0. The van der Waals surface area contributed by atoms with Gasteiger partial charge in [0.1, 0.15) is 0 Å². The minimum absolute atomic E-state index is 0.0857. The normalized spacial score (nSPS) is 24.6. The van der Waals surface area contributed by atoms with Gasteiger partial charge in [-0.25, -0.2) is 13.1 Å². The molecule has 0 aliphatic heterocycles. The third-order valence-electron chi connectivity index (χ3n) is 3.62. The largest absolute Gasteiger partial charge is 0.326 e. The van der Waals surface area contributed by atoms with Crippen LogP contribution in [0.4, 0.5) is 0 Å². The average molecular weight is 294 g/mol. The molecule has 0 aromatic heterocycles. The van der Waals surface area contributed by atoms with Crippen molar-refractivity contribution in [3.63, 3.8) is 0 Å². The van der Waals surface area contributed by atoms with Crippen LogP contribution in [-0.2, 0) is 10.0 Å². The Balaban J connectivity index is 2.01. The molecule has 0 amide bonds. The second-order valence-electron chi connectivity index (χ2n) is 5.28. The van der Waals surface area contributed by atoms with Gasteiger partial charge in [-0.2, -0.15) is 0 Å². The van der Waals surface area contributed by atoms with E-state index in [4.69, 9.17) is 5.73 Å². The first-order valence-electron chi connectivity index (χ1n) is 7.08. The van der Waals surface area contributed by atoms with Gasteiger partial charge in [0.2, 0.25) is 10.0 Å². The molecule has 3 N–H and O–H groups in total. The van der Waals surface area contributed by atoms with Crippen molar-refractivity contribution in [1.82, 2.24) is 4.72 Å². The van der Waals surface area contributed by atoms with E-state index in [1.807, 2.05) is 30.3 Å². The van der Waals surface area contributed by atoms with Gasteiger partial charge in [0, 0.05) is 17.5 Å². The van der Waals surface area contributed by atoms with Crippen LogP contribution in [0.3, 0.4) is 0 Å². The van der Waals surface area contributed by atoms with Gasteiger partial charge in [0.15, 0.2) is 0 Å². The van der Waals surface area contributed by atoms with Crippen molar-refractivity contribution >= 4 is 16.1 Å². The average Bonchev–Trinajstić information content (AvgIpc) is 2.63. The van der Waals surface area contributed by atoms with E-state index in [-0.39, 0.29) is 12.1 Å². The van der Waals surface area contributed by atoms with Crippen LogP contribution < -0.4 is 10.5 Å². The number of hydrogen-bond acceptors (Lipinski definition) is 3. The van der Waals surface area contributed by atoms with Gasteiger partial charge < -0.3 is 5.73 Å². The maximum atomic E-state index is 12.1. The molecule has 0 radical (unpaired) electrons. The molecule has 4 nitrogen and oxygen atoms in total. The van der Waals surface area contributed by atoms with E-state index in [0.717, 1.165) is 37.7 Å². The lowest BCUT2D eigenvalue weighted by molar-refractivity contribution is 0.459. The summed E-state index contributed by atoms with van der Waals surface area (Å²) in [6.07, 6.45) is 6.55. The number of benzene rings is 1. The molecule has 1 aromatic rings. The van der Waals surface area contributed by atoms with Gasteiger partial charge in [0.25, 0.3) is 0 Å². The highest BCUT2D eigenvalue weighted by atomic mass is 32.2. The van der Waals surface area contributed by atoms with Crippen LogP contribution in [-0.4, -0.2) is 20.5 Å². The first-order valence-corrected chi connectivity index (χ1v) is 8.62. The van der Waals surface area contributed by atoms with E-state index >= 15 is 0 Å². The SMILES string of the molecule is NC1CCCCCC1NS(=O)(=O)C=Cc1ccccc1. The minimum Gasteiger partial charge on any atom is -0.326 e. The summed E-state index contributed by atoms with van der Waals surface area (Å²) >= 11 is 0. The number of hydrogen-bond donors (Lipinski definition) is 2. The molecule has 0 heterocycles. The van der Waals surface area contributed by atoms with E-state index in [0.29, 0.717) is 0 Å². The maximum absolute atomic E-state index is 12.1. The highest BCUT2D eigenvalue weighted by molar-refractivity contribution is 7.92. The molecule has 0 bridgehead atoms. The van der Waals surface area contributed by atoms with E-state index in [1.165, 1.54) is 5.41 Å². The fourth-order valence-electron chi connectivity index (χ4n) is 2.47. The van der Waals surface area contributed by atoms with E-state index in [9.17, 15) is 8.42 Å². The van der Waals surface area contributed by atoms with Gasteiger partial charge in [0.05, 0.1) is 0 Å². The number of nitrogens with two attached hydrogens (primary N) is 1. The van der Waals surface area contributed by atoms with Crippen molar-refractivity contribution in [2.24, 2.45) is 5.73 Å². The summed E-state index contributed by atoms with van der Waals surface area (Å²) in [5.41, 5.74) is 6.91. The molecule has 0 spiro atoms. The maximum Gasteiger partial charge on any atom is 0.234 e. The molecule has 2 rings (SSSR count). The van der Waals surface area contributed by atoms with E-state index in [1.54, 1.807) is 6.08 Å². The van der Waals surface area contributed by atoms with Crippen molar-refractivity contribution in [3.05, 3.63) is 41.3 Å². The second kappa shape index (κ2) is 7.02. The molecule has 2 unspecified atom stereocenters. The molecule has 1 aliphatic carbocycles. The zero-order valence-corrected chi connectivity index (χ0v) is 12.4. The summed E-state index contributed by atoms with van der Waals surface area (Å²) < 4.78 is 26.9. The Morgan fingerprint density at radius 3 is 2.55 bits per heavy atom. The van der Waals surface area contributed by atoms with Gasteiger partial charge >= 0.3 is 0 Å². The Morgan fingerprint density at radius 1 is 1.10 bits per heavy atom. The Kier molecular flexibility index (Phi) is 5.34. The van der Waals surface area contributed by atoms with Crippen LogP contribution in [0.1, 0.15) is 37.7 Å². The van der Waals surface area contributed by atoms with Crippen molar-refractivity contribution in [3.8, 4) is 0 Å². The Hall–Kier alpha value is -1.17. The van der Waals surface area contributed by atoms with Crippen LogP contribution >= 0.6 is 0 Å². The topological polar surface area (TPSA) is 72.2 Å². The first kappa shape index (κ1) is 15.2. The minimum atomic E-state index is -3.44. The number of rotatable bonds is 4. The summed E-state index contributed by atoms with van der Waals surface area (Å²) in [5, 5.41) is 1.22. The fourth-order valence-corrected chi connectivity index (χ4v) is 3.59. The third kappa shape index (κ3) is 4.74. The second-order valence-corrected chi connectivity index (χ2v) is 6.88. The quantitative estimate of drug-likeness (QED) is 0.837. The van der Waals surface area contributed by atoms with Crippen molar-refractivity contribution in [1.29, 1.82) is 0 Å². The van der Waals surface area contributed by atoms with Gasteiger partial charge in [-0.05, 0) is 24.5 Å². The van der Waals surface area contributed by atoms with E-state index in [2.05, 4.69) is 4.72 Å². The predicted octanol–water partition coefficient (Wildman–Crippen LogP) is 2.24. The third-order valence-corrected chi connectivity index (χ3v) is 4.75. The Labute approximate surface area is 121 Å². The number of nitrogens with one attached hydrogen (secondary N) is 1. The molecule has 0 saturated heterocycles. The van der Waals surface area contributed by atoms with Crippen LogP contribution in [0.15, 0.2) is 35.7 Å². The molecule has 2 atom stereocenters. The molecule has 110 valence electrons. The lowest BCUT2D eigenvalue weighted by Gasteiger charge is -2.21. The molecular formula is C15H22N2O2S. The smallest absolute Gasteiger partial charge is 0.234 e. The summed E-state index contributed by atoms with van der Waals surface area (Å²) in [6, 6.07) is 9.14. The van der Waals surface area contributed by atoms with Crippen LogP contribution in [0.25, 0.3) is 6.08 Å². The summed E-state index contributed by atoms with van der Waals surface area (Å²) in [7, 11) is -3.44. The first-order chi connectivity index (χ1) is 9.57. The van der Waals surface area contributed by atoms with Crippen LogP contribution in [0.2, 0.25) is 0 Å². The molecule has 1 saturated carbocycles. The Morgan fingerprint density at radius 2 is 1.80 bits per heavy atom.